The maximum Gasteiger partial charge on any atom is 0.154 e. The first-order valence-electron chi connectivity index (χ1n) is 5.37. The number of para-hydroxylation sites is 1. The summed E-state index contributed by atoms with van der Waals surface area (Å²) in [7, 11) is -3.13. The predicted molar refractivity (Wildman–Crippen MR) is 63.4 cm³/mol. The Balaban J connectivity index is 1.98. The van der Waals surface area contributed by atoms with Gasteiger partial charge < -0.3 is 15.5 Å². The summed E-state index contributed by atoms with van der Waals surface area (Å²) in [5, 5.41) is 22.1. The Morgan fingerprint density at radius 1 is 1.29 bits per heavy atom. The molecule has 2 atom stereocenters. The minimum absolute atomic E-state index is 0.0538. The Morgan fingerprint density at radius 3 is 2.59 bits per heavy atom. The molecular formula is C11H15NO4S. The van der Waals surface area contributed by atoms with Crippen LogP contribution in [0, 0.1) is 0 Å². The van der Waals surface area contributed by atoms with Gasteiger partial charge in [0.1, 0.15) is 5.75 Å². The lowest BCUT2D eigenvalue weighted by Crippen LogP contribution is -2.38. The average molecular weight is 257 g/mol. The van der Waals surface area contributed by atoms with E-state index in [1.807, 2.05) is 0 Å². The molecule has 2 rings (SSSR count). The molecule has 1 saturated heterocycles. The van der Waals surface area contributed by atoms with Gasteiger partial charge in [-0.15, -0.1) is 0 Å². The molecule has 6 heteroatoms. The summed E-state index contributed by atoms with van der Waals surface area (Å²) in [5.41, 5.74) is 0.684. The molecule has 0 amide bonds. The molecule has 1 fully saturated rings. The normalized spacial score (nSPS) is 27.1. The van der Waals surface area contributed by atoms with Crippen LogP contribution in [0.4, 0.5) is 0 Å². The molecule has 17 heavy (non-hydrogen) atoms. The van der Waals surface area contributed by atoms with Crippen LogP contribution in [0.1, 0.15) is 5.56 Å². The minimum atomic E-state index is -3.13. The Hall–Kier alpha value is -1.11. The van der Waals surface area contributed by atoms with Crippen LogP contribution in [-0.2, 0) is 16.4 Å². The van der Waals surface area contributed by atoms with Crippen molar-refractivity contribution in [3.8, 4) is 5.75 Å². The van der Waals surface area contributed by atoms with Crippen molar-refractivity contribution in [1.29, 1.82) is 0 Å². The Kier molecular flexibility index (Phi) is 3.37. The van der Waals surface area contributed by atoms with E-state index in [2.05, 4.69) is 5.32 Å². The lowest BCUT2D eigenvalue weighted by atomic mass is 10.1. The van der Waals surface area contributed by atoms with Crippen LogP contribution in [0.25, 0.3) is 0 Å². The summed E-state index contributed by atoms with van der Waals surface area (Å²) < 4.78 is 22.6. The zero-order valence-electron chi connectivity index (χ0n) is 9.20. The van der Waals surface area contributed by atoms with Gasteiger partial charge >= 0.3 is 0 Å². The van der Waals surface area contributed by atoms with Crippen molar-refractivity contribution < 1.29 is 18.6 Å². The highest BCUT2D eigenvalue weighted by molar-refractivity contribution is 7.91. The Labute approximate surface area is 100 Å². The lowest BCUT2D eigenvalue weighted by molar-refractivity contribution is 0.165. The highest BCUT2D eigenvalue weighted by Gasteiger charge is 2.35. The van der Waals surface area contributed by atoms with Gasteiger partial charge in [-0.3, -0.25) is 0 Å². The van der Waals surface area contributed by atoms with E-state index in [1.165, 1.54) is 0 Å². The van der Waals surface area contributed by atoms with Gasteiger partial charge in [0.05, 0.1) is 17.6 Å². The van der Waals surface area contributed by atoms with Gasteiger partial charge in [0.15, 0.2) is 9.84 Å². The van der Waals surface area contributed by atoms with E-state index in [4.69, 9.17) is 0 Å². The second-order valence-corrected chi connectivity index (χ2v) is 6.41. The van der Waals surface area contributed by atoms with Gasteiger partial charge in [-0.05, 0) is 6.07 Å². The fourth-order valence-corrected chi connectivity index (χ4v) is 3.70. The average Bonchev–Trinajstić information content (AvgIpc) is 2.51. The molecule has 5 nitrogen and oxygen atoms in total. The number of rotatable bonds is 3. The smallest absolute Gasteiger partial charge is 0.154 e. The number of aliphatic hydroxyl groups is 1. The first kappa shape index (κ1) is 12.3. The number of phenols is 1. The number of hydrogen-bond acceptors (Lipinski definition) is 5. The van der Waals surface area contributed by atoms with Crippen molar-refractivity contribution in [2.75, 3.05) is 11.5 Å². The van der Waals surface area contributed by atoms with Gasteiger partial charge in [0.2, 0.25) is 0 Å². The van der Waals surface area contributed by atoms with Crippen LogP contribution >= 0.6 is 0 Å². The zero-order chi connectivity index (χ0) is 12.5. The number of phenolic OH excluding ortho intramolecular Hbond substituents is 1. The van der Waals surface area contributed by atoms with Crippen LogP contribution in [0.2, 0.25) is 0 Å². The molecule has 0 bridgehead atoms. The van der Waals surface area contributed by atoms with E-state index in [9.17, 15) is 18.6 Å². The van der Waals surface area contributed by atoms with Crippen LogP contribution in [0.5, 0.6) is 5.75 Å². The van der Waals surface area contributed by atoms with Gasteiger partial charge in [-0.1, -0.05) is 18.2 Å². The largest absolute Gasteiger partial charge is 0.508 e. The van der Waals surface area contributed by atoms with Gasteiger partial charge in [0, 0.05) is 18.2 Å². The van der Waals surface area contributed by atoms with E-state index in [1.54, 1.807) is 24.3 Å². The summed E-state index contributed by atoms with van der Waals surface area (Å²) in [5.74, 6) is -0.0805. The monoisotopic (exact) mass is 257 g/mol. The predicted octanol–water partition coefficient (Wildman–Crippen LogP) is -0.360. The van der Waals surface area contributed by atoms with E-state index in [0.717, 1.165) is 0 Å². The van der Waals surface area contributed by atoms with Crippen LogP contribution in [-0.4, -0.2) is 42.3 Å². The van der Waals surface area contributed by atoms with Crippen molar-refractivity contribution in [3.05, 3.63) is 29.8 Å². The summed E-state index contributed by atoms with van der Waals surface area (Å²) in [4.78, 5) is 0. The molecule has 0 aliphatic carbocycles. The van der Waals surface area contributed by atoms with Crippen molar-refractivity contribution in [2.24, 2.45) is 0 Å². The molecule has 1 aliphatic heterocycles. The van der Waals surface area contributed by atoms with Crippen molar-refractivity contribution in [3.63, 3.8) is 0 Å². The molecule has 2 unspecified atom stereocenters. The number of benzene rings is 1. The molecule has 1 heterocycles. The van der Waals surface area contributed by atoms with Gasteiger partial charge in [-0.2, -0.15) is 0 Å². The molecule has 0 spiro atoms. The van der Waals surface area contributed by atoms with Crippen LogP contribution < -0.4 is 5.32 Å². The van der Waals surface area contributed by atoms with E-state index in [0.29, 0.717) is 12.1 Å². The van der Waals surface area contributed by atoms with E-state index >= 15 is 0 Å². The van der Waals surface area contributed by atoms with Crippen molar-refractivity contribution in [1.82, 2.24) is 5.32 Å². The molecule has 1 aromatic rings. The number of sulfone groups is 1. The van der Waals surface area contributed by atoms with Gasteiger partial charge in [0.25, 0.3) is 0 Å². The van der Waals surface area contributed by atoms with Gasteiger partial charge in [-0.25, -0.2) is 8.42 Å². The third-order valence-corrected chi connectivity index (χ3v) is 4.59. The van der Waals surface area contributed by atoms with Crippen molar-refractivity contribution >= 4 is 9.84 Å². The SMILES string of the molecule is O=S1(=O)CC(O)C(NCc2ccccc2O)C1. The molecule has 1 aliphatic rings. The zero-order valence-corrected chi connectivity index (χ0v) is 10.0. The molecule has 0 radical (unpaired) electrons. The Bertz CT molecular complexity index is 500. The Morgan fingerprint density at radius 2 is 2.00 bits per heavy atom. The topological polar surface area (TPSA) is 86.6 Å². The summed E-state index contributed by atoms with van der Waals surface area (Å²) in [6.45, 7) is 0.337. The van der Waals surface area contributed by atoms with Crippen LogP contribution in [0.15, 0.2) is 24.3 Å². The highest BCUT2D eigenvalue weighted by atomic mass is 32.2. The number of nitrogens with one attached hydrogen (secondary N) is 1. The maximum absolute atomic E-state index is 11.3. The van der Waals surface area contributed by atoms with Crippen molar-refractivity contribution in [2.45, 2.75) is 18.7 Å². The number of aromatic hydroxyl groups is 1. The summed E-state index contributed by atoms with van der Waals surface area (Å²) >= 11 is 0. The number of hydrogen-bond donors (Lipinski definition) is 3. The number of aliphatic hydroxyl groups excluding tert-OH is 1. The standard InChI is InChI=1S/C11H15NO4S/c13-10-4-2-1-3-8(10)5-12-9-6-17(15,16)7-11(9)14/h1-4,9,11-14H,5-7H2. The molecule has 0 aromatic heterocycles. The minimum Gasteiger partial charge on any atom is -0.508 e. The molecule has 94 valence electrons. The fourth-order valence-electron chi connectivity index (χ4n) is 1.93. The summed E-state index contributed by atoms with van der Waals surface area (Å²) in [6.07, 6.45) is -0.870. The highest BCUT2D eigenvalue weighted by Crippen LogP contribution is 2.17. The second-order valence-electron chi connectivity index (χ2n) is 4.26. The lowest BCUT2D eigenvalue weighted by Gasteiger charge is -2.15. The third-order valence-electron chi connectivity index (χ3n) is 2.87. The quantitative estimate of drug-likeness (QED) is 0.688. The fraction of sp³-hybridized carbons (Fsp3) is 0.455. The van der Waals surface area contributed by atoms with E-state index < -0.39 is 22.0 Å². The first-order valence-corrected chi connectivity index (χ1v) is 7.19. The molecule has 3 N–H and O–H groups in total. The summed E-state index contributed by atoms with van der Waals surface area (Å²) in [6, 6.07) is 6.36. The maximum atomic E-state index is 11.3. The molecule has 1 aromatic carbocycles. The third kappa shape index (κ3) is 2.96. The first-order chi connectivity index (χ1) is 7.98. The molecule has 0 saturated carbocycles. The second kappa shape index (κ2) is 4.64. The molecular weight excluding hydrogens is 242 g/mol. The van der Waals surface area contributed by atoms with E-state index in [-0.39, 0.29) is 17.3 Å². The van der Waals surface area contributed by atoms with Crippen LogP contribution in [0.3, 0.4) is 0 Å².